The zero-order valence-electron chi connectivity index (χ0n) is 13.9. The molecule has 20 heavy (non-hydrogen) atoms. The van der Waals surface area contributed by atoms with E-state index in [1.807, 2.05) is 12.1 Å². The molecule has 3 heteroatoms. The number of ether oxygens (including phenoxy) is 1. The number of rotatable bonds is 8. The molecular weight excluding hydrogens is 248 g/mol. The van der Waals surface area contributed by atoms with Gasteiger partial charge in [0.05, 0.1) is 13.2 Å². The van der Waals surface area contributed by atoms with E-state index >= 15 is 0 Å². The Labute approximate surface area is 124 Å². The van der Waals surface area contributed by atoms with Gasteiger partial charge < -0.3 is 15.0 Å². The number of nitrogens with one attached hydrogen (secondary N) is 1. The Bertz CT molecular complexity index is 388. The molecular formula is C17H30N2O. The summed E-state index contributed by atoms with van der Waals surface area (Å²) in [7, 11) is 6.03. The molecule has 1 aromatic carbocycles. The van der Waals surface area contributed by atoms with Crippen molar-refractivity contribution < 1.29 is 4.74 Å². The highest BCUT2D eigenvalue weighted by molar-refractivity contribution is 5.31. The van der Waals surface area contributed by atoms with Gasteiger partial charge in [-0.05, 0) is 58.1 Å². The maximum absolute atomic E-state index is 5.26. The predicted molar refractivity (Wildman–Crippen MR) is 86.4 cm³/mol. The first-order chi connectivity index (χ1) is 9.49. The lowest BCUT2D eigenvalue weighted by atomic mass is 9.83. The van der Waals surface area contributed by atoms with Crippen molar-refractivity contribution in [2.24, 2.45) is 0 Å². The summed E-state index contributed by atoms with van der Waals surface area (Å²) < 4.78 is 5.26. The lowest BCUT2D eigenvalue weighted by Crippen LogP contribution is -2.51. The molecule has 1 rings (SSSR count). The Morgan fingerprint density at radius 3 is 2.20 bits per heavy atom. The van der Waals surface area contributed by atoms with Gasteiger partial charge in [-0.25, -0.2) is 0 Å². The lowest BCUT2D eigenvalue weighted by molar-refractivity contribution is 0.113. The average Bonchev–Trinajstić information content (AvgIpc) is 2.47. The number of benzene rings is 1. The Morgan fingerprint density at radius 1 is 1.20 bits per heavy atom. The van der Waals surface area contributed by atoms with Crippen molar-refractivity contribution in [2.45, 2.75) is 45.2 Å². The Kier molecular flexibility index (Phi) is 6.50. The second-order valence-electron chi connectivity index (χ2n) is 5.77. The first kappa shape index (κ1) is 17.0. The standard InChI is InChI=1S/C17H30N2O/c1-7-13-18-16(17(3,8-2)19(4)5)14-9-11-15(20-6)12-10-14/h9-12,16,18H,7-8,13H2,1-6H3. The second-order valence-corrected chi connectivity index (χ2v) is 5.77. The van der Waals surface area contributed by atoms with Crippen LogP contribution in [0.25, 0.3) is 0 Å². The minimum atomic E-state index is 0.0871. The van der Waals surface area contributed by atoms with Crippen LogP contribution in [0.2, 0.25) is 0 Å². The molecule has 0 aliphatic rings. The van der Waals surface area contributed by atoms with E-state index in [4.69, 9.17) is 4.74 Å². The summed E-state index contributed by atoms with van der Waals surface area (Å²) in [5, 5.41) is 3.71. The topological polar surface area (TPSA) is 24.5 Å². The summed E-state index contributed by atoms with van der Waals surface area (Å²) in [5.41, 5.74) is 1.40. The van der Waals surface area contributed by atoms with Gasteiger partial charge in [-0.2, -0.15) is 0 Å². The smallest absolute Gasteiger partial charge is 0.118 e. The zero-order valence-corrected chi connectivity index (χ0v) is 13.9. The van der Waals surface area contributed by atoms with Gasteiger partial charge in [0, 0.05) is 5.54 Å². The average molecular weight is 278 g/mol. The van der Waals surface area contributed by atoms with Crippen molar-refractivity contribution in [2.75, 3.05) is 27.7 Å². The number of methoxy groups -OCH3 is 1. The van der Waals surface area contributed by atoms with Crippen LogP contribution in [0.5, 0.6) is 5.75 Å². The van der Waals surface area contributed by atoms with Crippen molar-refractivity contribution in [1.29, 1.82) is 0 Å². The summed E-state index contributed by atoms with van der Waals surface area (Å²) in [6.07, 6.45) is 2.23. The fourth-order valence-electron chi connectivity index (χ4n) is 2.56. The normalized spacial score (nSPS) is 15.9. The predicted octanol–water partition coefficient (Wildman–Crippen LogP) is 3.47. The summed E-state index contributed by atoms with van der Waals surface area (Å²) in [6.45, 7) is 7.81. The minimum absolute atomic E-state index is 0.0871. The summed E-state index contributed by atoms with van der Waals surface area (Å²) >= 11 is 0. The van der Waals surface area contributed by atoms with Crippen LogP contribution in [0.1, 0.15) is 45.2 Å². The van der Waals surface area contributed by atoms with Gasteiger partial charge in [0.1, 0.15) is 5.75 Å². The molecule has 2 unspecified atom stereocenters. The SMILES string of the molecule is CCCNC(c1ccc(OC)cc1)C(C)(CC)N(C)C. The molecule has 0 saturated heterocycles. The van der Waals surface area contributed by atoms with Crippen molar-refractivity contribution >= 4 is 0 Å². The number of likely N-dealkylation sites (N-methyl/N-ethyl adjacent to an activating group) is 1. The quantitative estimate of drug-likeness (QED) is 0.788. The molecule has 1 N–H and O–H groups in total. The number of nitrogens with zero attached hydrogens (tertiary/aromatic N) is 1. The fourth-order valence-corrected chi connectivity index (χ4v) is 2.56. The van der Waals surface area contributed by atoms with Crippen LogP contribution in [0.15, 0.2) is 24.3 Å². The highest BCUT2D eigenvalue weighted by atomic mass is 16.5. The third kappa shape index (κ3) is 3.74. The fraction of sp³-hybridized carbons (Fsp3) is 0.647. The van der Waals surface area contributed by atoms with Crippen LogP contribution < -0.4 is 10.1 Å². The Morgan fingerprint density at radius 2 is 1.80 bits per heavy atom. The van der Waals surface area contributed by atoms with Crippen LogP contribution in [0.4, 0.5) is 0 Å². The highest BCUT2D eigenvalue weighted by Gasteiger charge is 2.35. The maximum Gasteiger partial charge on any atom is 0.118 e. The second kappa shape index (κ2) is 7.65. The van der Waals surface area contributed by atoms with Gasteiger partial charge >= 0.3 is 0 Å². The van der Waals surface area contributed by atoms with Gasteiger partial charge in [-0.15, -0.1) is 0 Å². The first-order valence-corrected chi connectivity index (χ1v) is 7.54. The van der Waals surface area contributed by atoms with Crippen molar-refractivity contribution in [3.05, 3.63) is 29.8 Å². The number of hydrogen-bond donors (Lipinski definition) is 1. The third-order valence-corrected chi connectivity index (χ3v) is 4.41. The van der Waals surface area contributed by atoms with Crippen LogP contribution in [-0.4, -0.2) is 38.2 Å². The van der Waals surface area contributed by atoms with Gasteiger partial charge in [-0.3, -0.25) is 0 Å². The molecule has 0 heterocycles. The molecule has 0 saturated carbocycles. The summed E-state index contributed by atoms with van der Waals surface area (Å²) in [6, 6.07) is 8.74. The van der Waals surface area contributed by atoms with E-state index < -0.39 is 0 Å². The van der Waals surface area contributed by atoms with Crippen LogP contribution in [-0.2, 0) is 0 Å². The molecule has 0 spiro atoms. The molecule has 0 aromatic heterocycles. The largest absolute Gasteiger partial charge is 0.497 e. The molecule has 0 aliphatic carbocycles. The van der Waals surface area contributed by atoms with Gasteiger partial charge in [-0.1, -0.05) is 26.0 Å². The van der Waals surface area contributed by atoms with Gasteiger partial charge in [0.15, 0.2) is 0 Å². The highest BCUT2D eigenvalue weighted by Crippen LogP contribution is 2.33. The molecule has 0 fully saturated rings. The first-order valence-electron chi connectivity index (χ1n) is 7.54. The molecule has 0 radical (unpaired) electrons. The van der Waals surface area contributed by atoms with E-state index in [1.54, 1.807) is 7.11 Å². The van der Waals surface area contributed by atoms with Crippen molar-refractivity contribution in [1.82, 2.24) is 10.2 Å². The molecule has 0 aliphatic heterocycles. The van der Waals surface area contributed by atoms with Crippen LogP contribution >= 0.6 is 0 Å². The monoisotopic (exact) mass is 278 g/mol. The maximum atomic E-state index is 5.26. The van der Waals surface area contributed by atoms with Gasteiger partial charge in [0.2, 0.25) is 0 Å². The van der Waals surface area contributed by atoms with Gasteiger partial charge in [0.25, 0.3) is 0 Å². The van der Waals surface area contributed by atoms with Crippen LogP contribution in [0, 0.1) is 0 Å². The molecule has 2 atom stereocenters. The zero-order chi connectivity index (χ0) is 15.2. The summed E-state index contributed by atoms with van der Waals surface area (Å²) in [5.74, 6) is 0.908. The molecule has 114 valence electrons. The Balaban J connectivity index is 3.09. The number of hydrogen-bond acceptors (Lipinski definition) is 3. The van der Waals surface area contributed by atoms with E-state index in [2.05, 4.69) is 57.2 Å². The Hall–Kier alpha value is -1.06. The minimum Gasteiger partial charge on any atom is -0.497 e. The van der Waals surface area contributed by atoms with E-state index in [-0.39, 0.29) is 5.54 Å². The summed E-state index contributed by atoms with van der Waals surface area (Å²) in [4.78, 5) is 2.32. The van der Waals surface area contributed by atoms with E-state index in [1.165, 1.54) is 5.56 Å². The van der Waals surface area contributed by atoms with Crippen molar-refractivity contribution in [3.63, 3.8) is 0 Å². The van der Waals surface area contributed by atoms with E-state index in [0.717, 1.165) is 25.1 Å². The lowest BCUT2D eigenvalue weighted by Gasteiger charge is -2.43. The van der Waals surface area contributed by atoms with E-state index in [9.17, 15) is 0 Å². The third-order valence-electron chi connectivity index (χ3n) is 4.41. The van der Waals surface area contributed by atoms with Crippen LogP contribution in [0.3, 0.4) is 0 Å². The molecule has 0 bridgehead atoms. The molecule has 3 nitrogen and oxygen atoms in total. The molecule has 0 amide bonds. The van der Waals surface area contributed by atoms with E-state index in [0.29, 0.717) is 6.04 Å². The molecule has 1 aromatic rings. The van der Waals surface area contributed by atoms with Crippen molar-refractivity contribution in [3.8, 4) is 5.75 Å².